The fourth-order valence-corrected chi connectivity index (χ4v) is 1.43. The molecule has 0 radical (unpaired) electrons. The van der Waals surface area contributed by atoms with Crippen LogP contribution in [0, 0.1) is 5.41 Å². The molecule has 5 nitrogen and oxygen atoms in total. The Balaban J connectivity index is 4.38. The van der Waals surface area contributed by atoms with Crippen molar-refractivity contribution in [2.75, 3.05) is 13.7 Å². The highest BCUT2D eigenvalue weighted by Gasteiger charge is 2.32. The van der Waals surface area contributed by atoms with Gasteiger partial charge in [-0.1, -0.05) is 20.8 Å². The standard InChI is InChI=1S/C12H24N2O3/c1-8(2)14-9(15)7-13-10(11(16)17-6)12(3,4)5/h8,10,13H,7H2,1-6H3,(H,14,15)/t10-/m1/s1. The molecule has 0 saturated heterocycles. The Hall–Kier alpha value is -1.10. The molecule has 17 heavy (non-hydrogen) atoms. The fraction of sp³-hybridized carbons (Fsp3) is 0.833. The Kier molecular flexibility index (Phi) is 6.16. The topological polar surface area (TPSA) is 67.4 Å². The number of carbonyl (C=O) groups excluding carboxylic acids is 2. The average molecular weight is 244 g/mol. The molecule has 0 rings (SSSR count). The molecule has 2 N–H and O–H groups in total. The van der Waals surface area contributed by atoms with E-state index >= 15 is 0 Å². The third-order valence-corrected chi connectivity index (χ3v) is 2.22. The predicted molar refractivity (Wildman–Crippen MR) is 66.5 cm³/mol. The Labute approximate surface area is 103 Å². The third-order valence-electron chi connectivity index (χ3n) is 2.22. The number of methoxy groups -OCH3 is 1. The molecule has 5 heteroatoms. The second-order valence-corrected chi connectivity index (χ2v) is 5.43. The van der Waals surface area contributed by atoms with Crippen LogP contribution in [0.15, 0.2) is 0 Å². The van der Waals surface area contributed by atoms with E-state index in [9.17, 15) is 9.59 Å². The van der Waals surface area contributed by atoms with Crippen molar-refractivity contribution in [3.63, 3.8) is 0 Å². The molecule has 1 atom stereocenters. The largest absolute Gasteiger partial charge is 0.468 e. The molecule has 1 amide bonds. The summed E-state index contributed by atoms with van der Waals surface area (Å²) in [5.74, 6) is -0.479. The molecule has 0 aromatic carbocycles. The van der Waals surface area contributed by atoms with E-state index in [4.69, 9.17) is 4.74 Å². The lowest BCUT2D eigenvalue weighted by Gasteiger charge is -2.29. The van der Waals surface area contributed by atoms with Crippen LogP contribution < -0.4 is 10.6 Å². The summed E-state index contributed by atoms with van der Waals surface area (Å²) in [6, 6.07) is -0.402. The summed E-state index contributed by atoms with van der Waals surface area (Å²) in [4.78, 5) is 23.0. The minimum Gasteiger partial charge on any atom is -0.468 e. The molecular weight excluding hydrogens is 220 g/mol. The van der Waals surface area contributed by atoms with Crippen LogP contribution in [0.1, 0.15) is 34.6 Å². The first-order valence-corrected chi connectivity index (χ1v) is 5.79. The van der Waals surface area contributed by atoms with Crippen LogP contribution in [0.3, 0.4) is 0 Å². The van der Waals surface area contributed by atoms with Crippen molar-refractivity contribution in [2.24, 2.45) is 5.41 Å². The lowest BCUT2D eigenvalue weighted by Crippen LogP contribution is -2.50. The molecule has 0 spiro atoms. The van der Waals surface area contributed by atoms with E-state index in [1.165, 1.54) is 7.11 Å². The molecular formula is C12H24N2O3. The molecule has 0 fully saturated rings. The van der Waals surface area contributed by atoms with Gasteiger partial charge >= 0.3 is 5.97 Å². The van der Waals surface area contributed by atoms with Gasteiger partial charge in [0.2, 0.25) is 5.91 Å². The van der Waals surface area contributed by atoms with E-state index in [1.54, 1.807) is 0 Å². The summed E-state index contributed by atoms with van der Waals surface area (Å²) in [6.45, 7) is 9.64. The van der Waals surface area contributed by atoms with Gasteiger partial charge in [-0.3, -0.25) is 14.9 Å². The minimum atomic E-state index is -0.495. The third kappa shape index (κ3) is 6.26. The van der Waals surface area contributed by atoms with Gasteiger partial charge in [-0.15, -0.1) is 0 Å². The number of esters is 1. The van der Waals surface area contributed by atoms with Crippen LogP contribution in [-0.4, -0.2) is 37.6 Å². The molecule has 100 valence electrons. The molecule has 0 aromatic heterocycles. The zero-order valence-electron chi connectivity index (χ0n) is 11.6. The summed E-state index contributed by atoms with van der Waals surface area (Å²) in [6.07, 6.45) is 0. The molecule has 0 saturated carbocycles. The SMILES string of the molecule is COC(=O)[C@@H](NCC(=O)NC(C)C)C(C)(C)C. The first kappa shape index (κ1) is 15.9. The van der Waals surface area contributed by atoms with Gasteiger partial charge in [-0.05, 0) is 19.3 Å². The molecule has 0 heterocycles. The zero-order valence-corrected chi connectivity index (χ0v) is 11.6. The summed E-state index contributed by atoms with van der Waals surface area (Å²) < 4.78 is 4.72. The summed E-state index contributed by atoms with van der Waals surface area (Å²) in [5, 5.41) is 5.68. The zero-order chi connectivity index (χ0) is 13.6. The number of rotatable bonds is 5. The average Bonchev–Trinajstić information content (AvgIpc) is 2.14. The van der Waals surface area contributed by atoms with Crippen molar-refractivity contribution in [1.29, 1.82) is 0 Å². The van der Waals surface area contributed by atoms with Crippen LogP contribution >= 0.6 is 0 Å². The highest BCUT2D eigenvalue weighted by atomic mass is 16.5. The number of carbonyl (C=O) groups is 2. The molecule has 0 bridgehead atoms. The van der Waals surface area contributed by atoms with Crippen LogP contribution in [0.5, 0.6) is 0 Å². The van der Waals surface area contributed by atoms with Gasteiger partial charge in [0, 0.05) is 6.04 Å². The van der Waals surface area contributed by atoms with Crippen molar-refractivity contribution in [3.8, 4) is 0 Å². The van der Waals surface area contributed by atoms with E-state index < -0.39 is 6.04 Å². The molecule has 0 unspecified atom stereocenters. The fourth-order valence-electron chi connectivity index (χ4n) is 1.43. The van der Waals surface area contributed by atoms with Crippen molar-refractivity contribution in [2.45, 2.75) is 46.7 Å². The van der Waals surface area contributed by atoms with Crippen molar-refractivity contribution in [1.82, 2.24) is 10.6 Å². The number of ether oxygens (including phenoxy) is 1. The minimum absolute atomic E-state index is 0.0931. The van der Waals surface area contributed by atoms with Gasteiger partial charge in [-0.25, -0.2) is 0 Å². The van der Waals surface area contributed by atoms with Gasteiger partial charge in [0.25, 0.3) is 0 Å². The maximum Gasteiger partial charge on any atom is 0.323 e. The molecule has 0 aliphatic carbocycles. The number of nitrogens with one attached hydrogen (secondary N) is 2. The summed E-state index contributed by atoms with van der Waals surface area (Å²) in [5.41, 5.74) is -0.300. The quantitative estimate of drug-likeness (QED) is 0.698. The maximum atomic E-state index is 11.6. The second kappa shape index (κ2) is 6.59. The van der Waals surface area contributed by atoms with Crippen molar-refractivity contribution in [3.05, 3.63) is 0 Å². The van der Waals surface area contributed by atoms with Crippen LogP contribution in [-0.2, 0) is 14.3 Å². The Bertz CT molecular complexity index is 269. The second-order valence-electron chi connectivity index (χ2n) is 5.43. The Morgan fingerprint density at radius 3 is 2.12 bits per heavy atom. The van der Waals surface area contributed by atoms with E-state index in [0.717, 1.165) is 0 Å². The highest BCUT2D eigenvalue weighted by Crippen LogP contribution is 2.19. The van der Waals surface area contributed by atoms with Crippen molar-refractivity contribution >= 4 is 11.9 Å². The van der Waals surface area contributed by atoms with Crippen LogP contribution in [0.4, 0.5) is 0 Å². The molecule has 0 aromatic rings. The lowest BCUT2D eigenvalue weighted by molar-refractivity contribution is -0.146. The van der Waals surface area contributed by atoms with Gasteiger partial charge in [0.1, 0.15) is 6.04 Å². The lowest BCUT2D eigenvalue weighted by atomic mass is 9.87. The Morgan fingerprint density at radius 2 is 1.76 bits per heavy atom. The monoisotopic (exact) mass is 244 g/mol. The highest BCUT2D eigenvalue weighted by molar-refractivity contribution is 5.81. The number of hydrogen-bond donors (Lipinski definition) is 2. The van der Waals surface area contributed by atoms with Crippen LogP contribution in [0.25, 0.3) is 0 Å². The number of hydrogen-bond acceptors (Lipinski definition) is 4. The van der Waals surface area contributed by atoms with Crippen LogP contribution in [0.2, 0.25) is 0 Å². The van der Waals surface area contributed by atoms with E-state index in [2.05, 4.69) is 10.6 Å². The van der Waals surface area contributed by atoms with E-state index in [0.29, 0.717) is 0 Å². The van der Waals surface area contributed by atoms with Gasteiger partial charge in [0.05, 0.1) is 13.7 Å². The van der Waals surface area contributed by atoms with Crippen molar-refractivity contribution < 1.29 is 14.3 Å². The normalized spacial score (nSPS) is 13.4. The van der Waals surface area contributed by atoms with Gasteiger partial charge in [0.15, 0.2) is 0 Å². The van der Waals surface area contributed by atoms with E-state index in [-0.39, 0.29) is 29.9 Å². The summed E-state index contributed by atoms with van der Waals surface area (Å²) >= 11 is 0. The maximum absolute atomic E-state index is 11.6. The number of amides is 1. The van der Waals surface area contributed by atoms with Gasteiger partial charge in [-0.2, -0.15) is 0 Å². The van der Waals surface area contributed by atoms with E-state index in [1.807, 2.05) is 34.6 Å². The predicted octanol–water partition coefficient (Wildman–Crippen LogP) is 0.688. The first-order chi connectivity index (χ1) is 7.68. The molecule has 0 aliphatic rings. The Morgan fingerprint density at radius 1 is 1.24 bits per heavy atom. The van der Waals surface area contributed by atoms with Gasteiger partial charge < -0.3 is 10.1 Å². The first-order valence-electron chi connectivity index (χ1n) is 5.79. The molecule has 0 aliphatic heterocycles. The summed E-state index contributed by atoms with van der Waals surface area (Å²) in [7, 11) is 1.34. The smallest absolute Gasteiger partial charge is 0.323 e.